The van der Waals surface area contributed by atoms with Crippen LogP contribution in [0.5, 0.6) is 0 Å². The van der Waals surface area contributed by atoms with Crippen molar-refractivity contribution < 1.29 is 33.4 Å². The maximum absolute atomic E-state index is 13.7. The Hall–Kier alpha value is -7.02. The monoisotopic (exact) mass is 728 g/mol. The second-order valence-corrected chi connectivity index (χ2v) is 12.6. The molecule has 0 atom stereocenters. The molecule has 0 aliphatic heterocycles. The molecule has 1 amide bonds. The Bertz CT molecular complexity index is 2330. The van der Waals surface area contributed by atoms with Crippen molar-refractivity contribution in [1.29, 1.82) is 0 Å². The molecule has 272 valence electrons. The first kappa shape index (κ1) is 36.8. The largest absolute Gasteiger partial charge is 0.478 e. The number of hydrogen-bond donors (Lipinski definition) is 5. The Morgan fingerprint density at radius 1 is 0.667 bits per heavy atom. The van der Waals surface area contributed by atoms with Crippen LogP contribution < -0.4 is 16.0 Å². The first-order valence-corrected chi connectivity index (χ1v) is 16.8. The smallest absolute Gasteiger partial charge is 0.337 e. The molecule has 1 aliphatic rings. The zero-order valence-electron chi connectivity index (χ0n) is 29.1. The van der Waals surface area contributed by atoms with E-state index in [2.05, 4.69) is 30.9 Å². The van der Waals surface area contributed by atoms with E-state index in [1.165, 1.54) is 12.3 Å². The fourth-order valence-electron chi connectivity index (χ4n) is 5.43. The highest BCUT2D eigenvalue weighted by Gasteiger charge is 2.24. The zero-order valence-corrected chi connectivity index (χ0v) is 29.1. The number of aromatic nitrogens is 3. The number of anilines is 4. The van der Waals surface area contributed by atoms with Crippen LogP contribution in [0.4, 0.5) is 31.5 Å². The summed E-state index contributed by atoms with van der Waals surface area (Å²) in [5.41, 5.74) is 6.17. The summed E-state index contributed by atoms with van der Waals surface area (Å²) in [5, 5.41) is 27.7. The highest BCUT2D eigenvalue weighted by atomic mass is 19.1. The summed E-state index contributed by atoms with van der Waals surface area (Å²) >= 11 is 0. The van der Waals surface area contributed by atoms with Crippen molar-refractivity contribution in [3.8, 4) is 22.5 Å². The van der Waals surface area contributed by atoms with E-state index >= 15 is 0 Å². The number of halogens is 2. The number of aromatic carboxylic acids is 2. The van der Waals surface area contributed by atoms with Gasteiger partial charge in [-0.1, -0.05) is 35.4 Å². The molecule has 0 unspecified atom stereocenters. The number of carboxylic acids is 2. The number of aryl methyl sites for hydroxylation is 2. The SMILES string of the molecule is Cc1ccc(Nc2ccc(-c3c(F)cncc3F)nc2)c(C(=O)O)c1.Cc1ccc(Nc2ccc(-c3cccc(C(=O)NC4CC4)c3)nc2)c(C(=O)O)c1. The summed E-state index contributed by atoms with van der Waals surface area (Å²) in [5.74, 6) is -3.72. The molecule has 6 aromatic rings. The highest BCUT2D eigenvalue weighted by Crippen LogP contribution is 2.28. The average Bonchev–Trinajstić information content (AvgIpc) is 3.98. The van der Waals surface area contributed by atoms with E-state index in [1.54, 1.807) is 55.6 Å². The van der Waals surface area contributed by atoms with E-state index in [0.717, 1.165) is 47.6 Å². The molecule has 0 saturated heterocycles. The molecule has 0 radical (unpaired) electrons. The van der Waals surface area contributed by atoms with Gasteiger partial charge in [-0.15, -0.1) is 0 Å². The Morgan fingerprint density at radius 3 is 1.69 bits per heavy atom. The molecule has 13 heteroatoms. The van der Waals surface area contributed by atoms with Gasteiger partial charge in [0.05, 0.1) is 75.6 Å². The first-order chi connectivity index (χ1) is 25.9. The van der Waals surface area contributed by atoms with Crippen LogP contribution in [0, 0.1) is 25.5 Å². The molecule has 3 aromatic heterocycles. The second-order valence-electron chi connectivity index (χ2n) is 12.6. The summed E-state index contributed by atoms with van der Waals surface area (Å²) in [4.78, 5) is 47.0. The minimum Gasteiger partial charge on any atom is -0.478 e. The molecular formula is C41H34F2N6O5. The van der Waals surface area contributed by atoms with Crippen molar-refractivity contribution in [3.63, 3.8) is 0 Å². The van der Waals surface area contributed by atoms with Crippen molar-refractivity contribution in [1.82, 2.24) is 20.3 Å². The molecule has 11 nitrogen and oxygen atoms in total. The minimum absolute atomic E-state index is 0.0618. The number of nitrogens with zero attached hydrogens (tertiary/aromatic N) is 3. The van der Waals surface area contributed by atoms with E-state index in [1.807, 2.05) is 43.3 Å². The van der Waals surface area contributed by atoms with Crippen LogP contribution in [-0.2, 0) is 0 Å². The fourth-order valence-corrected chi connectivity index (χ4v) is 5.43. The van der Waals surface area contributed by atoms with Gasteiger partial charge in [0.25, 0.3) is 5.91 Å². The van der Waals surface area contributed by atoms with Crippen molar-refractivity contribution >= 4 is 40.6 Å². The third-order valence-corrected chi connectivity index (χ3v) is 8.34. The number of amides is 1. The molecule has 7 rings (SSSR count). The van der Waals surface area contributed by atoms with E-state index in [4.69, 9.17) is 0 Å². The second kappa shape index (κ2) is 16.1. The standard InChI is InChI=1S/C23H21N3O3.C18H13F2N3O2/c1-14-5-9-21(19(11-14)23(28)29)25-18-8-10-20(24-13-18)15-3-2-4-16(12-15)22(27)26-17-6-7-17;1-10-2-4-15(12(6-10)18(24)25)23-11-3-5-16(22-7-11)17-13(19)8-21-9-14(17)20/h2-5,8-13,17,25H,6-7H2,1H3,(H,26,27)(H,28,29);2-9,23H,1H3,(H,24,25). The van der Waals surface area contributed by atoms with Gasteiger partial charge in [0.15, 0.2) is 11.6 Å². The van der Waals surface area contributed by atoms with Gasteiger partial charge in [0.1, 0.15) is 0 Å². The van der Waals surface area contributed by atoms with Gasteiger partial charge in [0.2, 0.25) is 0 Å². The number of hydrogen-bond acceptors (Lipinski definition) is 8. The minimum atomic E-state index is -1.06. The molecule has 0 bridgehead atoms. The molecule has 1 saturated carbocycles. The number of carbonyl (C=O) groups is 3. The van der Waals surface area contributed by atoms with Gasteiger partial charge in [0, 0.05) is 17.2 Å². The van der Waals surface area contributed by atoms with E-state index < -0.39 is 23.6 Å². The lowest BCUT2D eigenvalue weighted by atomic mass is 10.1. The Morgan fingerprint density at radius 2 is 1.20 bits per heavy atom. The highest BCUT2D eigenvalue weighted by molar-refractivity contribution is 5.97. The Balaban J connectivity index is 0.000000186. The topological polar surface area (TPSA) is 166 Å². The van der Waals surface area contributed by atoms with E-state index in [0.29, 0.717) is 34.4 Å². The number of pyridine rings is 3. The number of nitrogens with one attached hydrogen (secondary N) is 3. The fraction of sp³-hybridized carbons (Fsp3) is 0.122. The zero-order chi connectivity index (χ0) is 38.4. The Labute approximate surface area is 308 Å². The Kier molecular flexibility index (Phi) is 11.0. The van der Waals surface area contributed by atoms with Crippen LogP contribution in [0.25, 0.3) is 22.5 Å². The van der Waals surface area contributed by atoms with Crippen LogP contribution in [-0.4, -0.2) is 49.1 Å². The summed E-state index contributed by atoms with van der Waals surface area (Å²) in [6, 6.07) is 24.6. The van der Waals surface area contributed by atoms with Gasteiger partial charge in [-0.2, -0.15) is 0 Å². The molecule has 0 spiro atoms. The third-order valence-electron chi connectivity index (χ3n) is 8.34. The van der Waals surface area contributed by atoms with Gasteiger partial charge in [-0.25, -0.2) is 18.4 Å². The maximum atomic E-state index is 13.7. The molecule has 3 aromatic carbocycles. The van der Waals surface area contributed by atoms with Gasteiger partial charge < -0.3 is 26.2 Å². The molecule has 3 heterocycles. The van der Waals surface area contributed by atoms with Gasteiger partial charge >= 0.3 is 11.9 Å². The van der Waals surface area contributed by atoms with Crippen LogP contribution in [0.2, 0.25) is 0 Å². The van der Waals surface area contributed by atoms with Crippen molar-refractivity contribution in [2.24, 2.45) is 0 Å². The van der Waals surface area contributed by atoms with Crippen molar-refractivity contribution in [2.75, 3.05) is 10.6 Å². The molecular weight excluding hydrogens is 694 g/mol. The average molecular weight is 729 g/mol. The molecule has 5 N–H and O–H groups in total. The van der Waals surface area contributed by atoms with E-state index in [9.17, 15) is 33.4 Å². The lowest BCUT2D eigenvalue weighted by Gasteiger charge is -2.11. The van der Waals surface area contributed by atoms with Gasteiger partial charge in [-0.3, -0.25) is 19.7 Å². The van der Waals surface area contributed by atoms with Crippen molar-refractivity contribution in [2.45, 2.75) is 32.7 Å². The van der Waals surface area contributed by atoms with Crippen LogP contribution in [0.15, 0.2) is 110 Å². The summed E-state index contributed by atoms with van der Waals surface area (Å²) in [6.45, 7) is 3.65. The third kappa shape index (κ3) is 9.06. The lowest BCUT2D eigenvalue weighted by Crippen LogP contribution is -2.25. The summed E-state index contributed by atoms with van der Waals surface area (Å²) in [6.07, 6.45) is 6.95. The molecule has 1 aliphatic carbocycles. The summed E-state index contributed by atoms with van der Waals surface area (Å²) in [7, 11) is 0. The lowest BCUT2D eigenvalue weighted by molar-refractivity contribution is 0.0687. The maximum Gasteiger partial charge on any atom is 0.337 e. The predicted octanol–water partition coefficient (Wildman–Crippen LogP) is 8.56. The van der Waals surface area contributed by atoms with Crippen LogP contribution in [0.3, 0.4) is 0 Å². The molecule has 54 heavy (non-hydrogen) atoms. The normalized spacial score (nSPS) is 11.9. The number of rotatable bonds is 10. The first-order valence-electron chi connectivity index (χ1n) is 16.8. The number of carboxylic acid groups (broad SMARTS) is 2. The van der Waals surface area contributed by atoms with Crippen LogP contribution in [0.1, 0.15) is 55.0 Å². The number of carbonyl (C=O) groups excluding carboxylic acids is 1. The quantitative estimate of drug-likeness (QED) is 0.0922. The van der Waals surface area contributed by atoms with Crippen molar-refractivity contribution in [3.05, 3.63) is 149 Å². The van der Waals surface area contributed by atoms with Gasteiger partial charge in [-0.05, 0) is 87.4 Å². The number of benzene rings is 3. The molecule has 1 fully saturated rings. The summed E-state index contributed by atoms with van der Waals surface area (Å²) < 4.78 is 27.5. The van der Waals surface area contributed by atoms with Crippen LogP contribution >= 0.6 is 0 Å². The predicted molar refractivity (Wildman–Crippen MR) is 200 cm³/mol. The van der Waals surface area contributed by atoms with E-state index in [-0.39, 0.29) is 28.3 Å².